The Morgan fingerprint density at radius 3 is 2.63 bits per heavy atom. The predicted octanol–water partition coefficient (Wildman–Crippen LogP) is 3.08. The minimum atomic E-state index is -0.728. The van der Waals surface area contributed by atoms with Crippen LogP contribution in [0.5, 0.6) is 17.2 Å². The first-order chi connectivity index (χ1) is 14.6. The minimum Gasteiger partial charge on any atom is -0.504 e. The van der Waals surface area contributed by atoms with Crippen molar-refractivity contribution in [1.82, 2.24) is 10.2 Å². The van der Waals surface area contributed by atoms with Gasteiger partial charge in [-0.1, -0.05) is 32.6 Å². The molecule has 3 rings (SSSR count). The summed E-state index contributed by atoms with van der Waals surface area (Å²) in [7, 11) is 0. The molecule has 0 bridgehead atoms. The maximum atomic E-state index is 13.3. The van der Waals surface area contributed by atoms with E-state index in [1.165, 1.54) is 25.3 Å². The number of ether oxygens (including phenoxy) is 2. The summed E-state index contributed by atoms with van der Waals surface area (Å²) in [5.74, 6) is 0.432. The highest BCUT2D eigenvalue weighted by atomic mass is 16.6. The van der Waals surface area contributed by atoms with Gasteiger partial charge in [0.25, 0.3) is 0 Å². The van der Waals surface area contributed by atoms with Crippen LogP contribution in [0.1, 0.15) is 68.6 Å². The molecule has 1 unspecified atom stereocenters. The van der Waals surface area contributed by atoms with Gasteiger partial charge in [-0.15, -0.1) is 0 Å². The van der Waals surface area contributed by atoms with Crippen LogP contribution in [0, 0.1) is 0 Å². The molecule has 2 heterocycles. The van der Waals surface area contributed by atoms with E-state index in [2.05, 4.69) is 17.1 Å². The van der Waals surface area contributed by atoms with Crippen molar-refractivity contribution in [3.63, 3.8) is 0 Å². The van der Waals surface area contributed by atoms with E-state index >= 15 is 0 Å². The van der Waals surface area contributed by atoms with Crippen molar-refractivity contribution in [1.29, 1.82) is 0 Å². The monoisotopic (exact) mass is 420 g/mol. The zero-order chi connectivity index (χ0) is 21.3. The van der Waals surface area contributed by atoms with Crippen LogP contribution in [0.15, 0.2) is 12.1 Å². The zero-order valence-electron chi connectivity index (χ0n) is 18.1. The summed E-state index contributed by atoms with van der Waals surface area (Å²) in [6.45, 7) is 5.41. The van der Waals surface area contributed by atoms with E-state index in [0.717, 1.165) is 38.8 Å². The number of aliphatic hydroxyl groups excluding tert-OH is 1. The number of fused-ring (bicyclic) bond motifs is 1. The lowest BCUT2D eigenvalue weighted by Gasteiger charge is -2.27. The SMILES string of the molecule is CCCCCCCC(O)N[C@H](CN1CCCC1)C(=O)c1cc(O)c2c(c1)OCCO2. The van der Waals surface area contributed by atoms with E-state index in [-0.39, 0.29) is 17.3 Å². The number of phenols is 1. The summed E-state index contributed by atoms with van der Waals surface area (Å²) in [5, 5.41) is 23.9. The fourth-order valence-electron chi connectivity index (χ4n) is 4.17. The van der Waals surface area contributed by atoms with Gasteiger partial charge in [0.05, 0.1) is 6.04 Å². The molecule has 2 atom stereocenters. The number of likely N-dealkylation sites (tertiary alicyclic amines) is 1. The lowest BCUT2D eigenvalue weighted by Crippen LogP contribution is -2.49. The molecule has 1 aromatic rings. The molecular formula is C23H36N2O5. The van der Waals surface area contributed by atoms with E-state index in [4.69, 9.17) is 9.47 Å². The normalized spacial score (nSPS) is 18.3. The number of phenolic OH excluding ortho intramolecular Hbond substituents is 1. The van der Waals surface area contributed by atoms with Crippen LogP contribution >= 0.6 is 0 Å². The van der Waals surface area contributed by atoms with Crippen molar-refractivity contribution in [2.75, 3.05) is 32.8 Å². The molecule has 0 spiro atoms. The van der Waals surface area contributed by atoms with Crippen LogP contribution in [0.4, 0.5) is 0 Å². The van der Waals surface area contributed by atoms with Crippen molar-refractivity contribution in [3.05, 3.63) is 17.7 Å². The summed E-state index contributed by atoms with van der Waals surface area (Å²) in [5.41, 5.74) is 0.364. The number of rotatable bonds is 12. The van der Waals surface area contributed by atoms with Gasteiger partial charge >= 0.3 is 0 Å². The summed E-state index contributed by atoms with van der Waals surface area (Å²) < 4.78 is 11.0. The first-order valence-electron chi connectivity index (χ1n) is 11.4. The summed E-state index contributed by atoms with van der Waals surface area (Å²) in [4.78, 5) is 15.6. The van der Waals surface area contributed by atoms with Gasteiger partial charge in [0.15, 0.2) is 17.3 Å². The molecule has 3 N–H and O–H groups in total. The molecule has 168 valence electrons. The van der Waals surface area contributed by atoms with Crippen molar-refractivity contribution in [2.24, 2.45) is 0 Å². The van der Waals surface area contributed by atoms with E-state index in [0.29, 0.717) is 37.5 Å². The van der Waals surface area contributed by atoms with Crippen LogP contribution < -0.4 is 14.8 Å². The molecule has 1 fully saturated rings. The lowest BCUT2D eigenvalue weighted by molar-refractivity contribution is 0.0748. The highest BCUT2D eigenvalue weighted by molar-refractivity contribution is 6.01. The molecule has 30 heavy (non-hydrogen) atoms. The third kappa shape index (κ3) is 6.33. The van der Waals surface area contributed by atoms with E-state index in [1.54, 1.807) is 6.07 Å². The van der Waals surface area contributed by atoms with Gasteiger partial charge in [-0.2, -0.15) is 0 Å². The number of hydrogen-bond acceptors (Lipinski definition) is 7. The Bertz CT molecular complexity index is 690. The molecule has 2 aliphatic heterocycles. The van der Waals surface area contributed by atoms with Crippen LogP contribution in [0.2, 0.25) is 0 Å². The van der Waals surface area contributed by atoms with Crippen molar-refractivity contribution in [2.45, 2.75) is 70.6 Å². The fourth-order valence-corrected chi connectivity index (χ4v) is 4.17. The second-order valence-electron chi connectivity index (χ2n) is 8.33. The number of aliphatic hydroxyl groups is 1. The van der Waals surface area contributed by atoms with Crippen molar-refractivity contribution in [3.8, 4) is 17.2 Å². The number of nitrogens with one attached hydrogen (secondary N) is 1. The molecule has 1 saturated heterocycles. The molecule has 0 aliphatic carbocycles. The molecule has 0 radical (unpaired) electrons. The third-order valence-corrected chi connectivity index (χ3v) is 5.84. The average molecular weight is 421 g/mol. The van der Waals surface area contributed by atoms with Gasteiger partial charge in [-0.05, 0) is 50.9 Å². The number of nitrogens with zero attached hydrogens (tertiary/aromatic N) is 1. The number of Topliss-reactive ketones (excluding diaryl/α,β-unsaturated/α-hetero) is 1. The Labute approximate surface area is 179 Å². The Morgan fingerprint density at radius 2 is 1.87 bits per heavy atom. The van der Waals surface area contributed by atoms with Crippen molar-refractivity contribution >= 4 is 5.78 Å². The highest BCUT2D eigenvalue weighted by Gasteiger charge is 2.28. The molecule has 0 aromatic heterocycles. The van der Waals surface area contributed by atoms with E-state index in [9.17, 15) is 15.0 Å². The quantitative estimate of drug-likeness (QED) is 0.272. The number of aromatic hydroxyl groups is 1. The Hall–Kier alpha value is -1.83. The van der Waals surface area contributed by atoms with Gasteiger partial charge in [-0.25, -0.2) is 0 Å². The number of carbonyl (C=O) groups is 1. The van der Waals surface area contributed by atoms with E-state index in [1.807, 2.05) is 0 Å². The maximum absolute atomic E-state index is 13.3. The first kappa shape index (κ1) is 22.8. The number of hydrogen-bond donors (Lipinski definition) is 3. The largest absolute Gasteiger partial charge is 0.504 e. The fraction of sp³-hybridized carbons (Fsp3) is 0.696. The van der Waals surface area contributed by atoms with Gasteiger partial charge in [-0.3, -0.25) is 10.1 Å². The molecule has 7 nitrogen and oxygen atoms in total. The number of carbonyl (C=O) groups excluding carboxylic acids is 1. The first-order valence-corrected chi connectivity index (χ1v) is 11.4. The molecule has 7 heteroatoms. The number of unbranched alkanes of at least 4 members (excludes halogenated alkanes) is 4. The third-order valence-electron chi connectivity index (χ3n) is 5.84. The van der Waals surface area contributed by atoms with Crippen LogP contribution in [-0.2, 0) is 0 Å². The predicted molar refractivity (Wildman–Crippen MR) is 115 cm³/mol. The zero-order valence-corrected chi connectivity index (χ0v) is 18.1. The number of benzene rings is 1. The Kier molecular flexibility index (Phi) is 8.78. The van der Waals surface area contributed by atoms with Gasteiger partial charge in [0.2, 0.25) is 5.75 Å². The standard InChI is InChI=1S/C23H36N2O5/c1-2-3-4-5-6-9-21(27)24-18(16-25-10-7-8-11-25)22(28)17-14-19(26)23-20(15-17)29-12-13-30-23/h14-15,18,21,24,26-27H,2-13,16H2,1H3/t18-,21?/m1/s1. The van der Waals surface area contributed by atoms with Gasteiger partial charge in [0.1, 0.15) is 19.4 Å². The molecular weight excluding hydrogens is 384 g/mol. The summed E-state index contributed by atoms with van der Waals surface area (Å²) in [6.07, 6.45) is 7.77. The van der Waals surface area contributed by atoms with Crippen LogP contribution in [0.25, 0.3) is 0 Å². The van der Waals surface area contributed by atoms with Gasteiger partial charge in [0, 0.05) is 12.1 Å². The molecule has 2 aliphatic rings. The average Bonchev–Trinajstić information content (AvgIpc) is 3.26. The van der Waals surface area contributed by atoms with Crippen molar-refractivity contribution < 1.29 is 24.5 Å². The lowest BCUT2D eigenvalue weighted by atomic mass is 10.0. The Balaban J connectivity index is 1.66. The second-order valence-corrected chi connectivity index (χ2v) is 8.33. The second kappa shape index (κ2) is 11.5. The molecule has 1 aromatic carbocycles. The highest BCUT2D eigenvalue weighted by Crippen LogP contribution is 2.40. The van der Waals surface area contributed by atoms with Gasteiger partial charge < -0.3 is 24.6 Å². The van der Waals surface area contributed by atoms with Crippen LogP contribution in [0.3, 0.4) is 0 Å². The topological polar surface area (TPSA) is 91.3 Å². The minimum absolute atomic E-state index is 0.0908. The Morgan fingerprint density at radius 1 is 1.13 bits per heavy atom. The van der Waals surface area contributed by atoms with Crippen LogP contribution in [-0.4, -0.2) is 66.0 Å². The summed E-state index contributed by atoms with van der Waals surface area (Å²) >= 11 is 0. The molecule has 0 amide bonds. The summed E-state index contributed by atoms with van der Waals surface area (Å²) in [6, 6.07) is 2.52. The maximum Gasteiger partial charge on any atom is 0.203 e. The number of ketones is 1. The van der Waals surface area contributed by atoms with E-state index < -0.39 is 12.3 Å². The molecule has 0 saturated carbocycles. The smallest absolute Gasteiger partial charge is 0.203 e.